The third kappa shape index (κ3) is 5.32. The Morgan fingerprint density at radius 3 is 2.62 bits per heavy atom. The molecule has 0 bridgehead atoms. The molecule has 39 heavy (non-hydrogen) atoms. The lowest BCUT2D eigenvalue weighted by atomic mass is 9.87. The molecule has 196 valence electrons. The second-order valence-electron chi connectivity index (χ2n) is 9.65. The van der Waals surface area contributed by atoms with E-state index in [0.717, 1.165) is 51.3 Å². The number of ether oxygens (including phenoxy) is 3. The second kappa shape index (κ2) is 11.0. The Kier molecular flexibility index (Phi) is 6.91. The molecule has 1 aliphatic rings. The van der Waals surface area contributed by atoms with Gasteiger partial charge in [0.25, 0.3) is 0 Å². The first-order valence-corrected chi connectivity index (χ1v) is 13.2. The lowest BCUT2D eigenvalue weighted by molar-refractivity contribution is -0.121. The molecule has 2 N–H and O–H groups in total. The summed E-state index contributed by atoms with van der Waals surface area (Å²) in [6, 6.07) is 29.8. The van der Waals surface area contributed by atoms with Gasteiger partial charge in [-0.1, -0.05) is 61.5 Å². The van der Waals surface area contributed by atoms with Crippen LogP contribution in [0.5, 0.6) is 23.0 Å². The molecule has 2 heterocycles. The van der Waals surface area contributed by atoms with Gasteiger partial charge in [-0.25, -0.2) is 0 Å². The van der Waals surface area contributed by atoms with E-state index in [1.54, 1.807) is 0 Å². The summed E-state index contributed by atoms with van der Waals surface area (Å²) in [4.78, 5) is 16.8. The van der Waals surface area contributed by atoms with Crippen LogP contribution in [0.15, 0.2) is 97.2 Å². The molecule has 6 nitrogen and oxygen atoms in total. The molecule has 0 fully saturated rings. The average molecular weight is 519 g/mol. The molecule has 1 unspecified atom stereocenters. The van der Waals surface area contributed by atoms with Crippen LogP contribution in [0, 0.1) is 0 Å². The summed E-state index contributed by atoms with van der Waals surface area (Å²) < 4.78 is 17.0. The van der Waals surface area contributed by atoms with Crippen molar-refractivity contribution in [2.45, 2.75) is 32.2 Å². The number of aromatic amines is 1. The summed E-state index contributed by atoms with van der Waals surface area (Å²) >= 11 is 0. The van der Waals surface area contributed by atoms with Crippen LogP contribution in [0.2, 0.25) is 0 Å². The van der Waals surface area contributed by atoms with E-state index < -0.39 is 0 Å². The molecule has 1 atom stereocenters. The van der Waals surface area contributed by atoms with Gasteiger partial charge < -0.3 is 24.5 Å². The van der Waals surface area contributed by atoms with Crippen LogP contribution in [-0.2, 0) is 17.8 Å². The fourth-order valence-corrected chi connectivity index (χ4v) is 5.16. The van der Waals surface area contributed by atoms with E-state index in [9.17, 15) is 4.79 Å². The Morgan fingerprint density at radius 2 is 1.74 bits per heavy atom. The zero-order valence-corrected chi connectivity index (χ0v) is 21.8. The van der Waals surface area contributed by atoms with Crippen molar-refractivity contribution in [3.8, 4) is 23.0 Å². The SMILES string of the molecule is CCc1cccc2c(C(CC(=O)NCc3ccc4c(c3)OCO4)c3cccc(Oc4ccccc4)c3)c[nH]c12. The van der Waals surface area contributed by atoms with E-state index in [-0.39, 0.29) is 18.6 Å². The van der Waals surface area contributed by atoms with Crippen LogP contribution in [0.25, 0.3) is 10.9 Å². The standard InChI is InChI=1S/C33H30N2O4/c1-2-23-8-7-13-27-29(20-35-33(23)27)28(24-9-6-12-26(17-24)39-25-10-4-3-5-11-25)18-32(36)34-19-22-14-15-30-31(16-22)38-21-37-30/h3-17,20,28,35H,2,18-19,21H2,1H3,(H,34,36). The Hall–Kier alpha value is -4.71. The quantitative estimate of drug-likeness (QED) is 0.219. The molecule has 0 saturated heterocycles. The van der Waals surface area contributed by atoms with Gasteiger partial charge in [-0.3, -0.25) is 4.79 Å². The van der Waals surface area contributed by atoms with Gasteiger partial charge in [0, 0.05) is 36.0 Å². The number of hydrogen-bond donors (Lipinski definition) is 2. The number of amides is 1. The highest BCUT2D eigenvalue weighted by Crippen LogP contribution is 2.37. The molecule has 0 aliphatic carbocycles. The number of aryl methyl sites for hydroxylation is 1. The van der Waals surface area contributed by atoms with Gasteiger partial charge in [0.2, 0.25) is 12.7 Å². The van der Waals surface area contributed by atoms with Gasteiger partial charge in [-0.2, -0.15) is 0 Å². The monoisotopic (exact) mass is 518 g/mol. The molecule has 6 rings (SSSR count). The van der Waals surface area contributed by atoms with E-state index in [1.165, 1.54) is 5.56 Å². The number of para-hydroxylation sites is 2. The fraction of sp³-hybridized carbons (Fsp3) is 0.182. The third-order valence-corrected chi connectivity index (χ3v) is 7.15. The Labute approximate surface area is 227 Å². The number of carbonyl (C=O) groups excluding carboxylic acids is 1. The molecule has 4 aromatic carbocycles. The third-order valence-electron chi connectivity index (χ3n) is 7.15. The summed E-state index contributed by atoms with van der Waals surface area (Å²) in [6.07, 6.45) is 3.27. The number of rotatable bonds is 9. The van der Waals surface area contributed by atoms with Crippen molar-refractivity contribution < 1.29 is 19.0 Å². The van der Waals surface area contributed by atoms with E-state index in [4.69, 9.17) is 14.2 Å². The number of H-pyrrole nitrogens is 1. The average Bonchev–Trinajstić information content (AvgIpc) is 3.62. The molecule has 6 heteroatoms. The number of carbonyl (C=O) groups is 1. The van der Waals surface area contributed by atoms with Gasteiger partial charge in [-0.15, -0.1) is 0 Å². The topological polar surface area (TPSA) is 72.6 Å². The molecule has 1 amide bonds. The summed E-state index contributed by atoms with van der Waals surface area (Å²) in [5.74, 6) is 2.75. The first-order chi connectivity index (χ1) is 19.2. The van der Waals surface area contributed by atoms with Gasteiger partial charge in [0.15, 0.2) is 11.5 Å². The van der Waals surface area contributed by atoms with Crippen LogP contribution in [0.4, 0.5) is 0 Å². The van der Waals surface area contributed by atoms with Crippen molar-refractivity contribution in [2.75, 3.05) is 6.79 Å². The zero-order chi connectivity index (χ0) is 26.6. The number of hydrogen-bond acceptors (Lipinski definition) is 4. The van der Waals surface area contributed by atoms with Crippen LogP contribution < -0.4 is 19.5 Å². The number of aromatic nitrogens is 1. The van der Waals surface area contributed by atoms with Crippen molar-refractivity contribution in [3.05, 3.63) is 119 Å². The normalized spacial score (nSPS) is 12.8. The molecule has 0 radical (unpaired) electrons. The first-order valence-electron chi connectivity index (χ1n) is 13.2. The molecule has 1 aliphatic heterocycles. The maximum atomic E-state index is 13.4. The second-order valence-corrected chi connectivity index (χ2v) is 9.65. The van der Waals surface area contributed by atoms with Gasteiger partial charge in [0.05, 0.1) is 0 Å². The van der Waals surface area contributed by atoms with E-state index in [2.05, 4.69) is 41.5 Å². The Morgan fingerprint density at radius 1 is 0.923 bits per heavy atom. The Balaban J connectivity index is 1.28. The number of fused-ring (bicyclic) bond motifs is 2. The molecular formula is C33H30N2O4. The minimum atomic E-state index is -0.165. The molecular weight excluding hydrogens is 488 g/mol. The van der Waals surface area contributed by atoms with Crippen LogP contribution in [-0.4, -0.2) is 17.7 Å². The van der Waals surface area contributed by atoms with Crippen molar-refractivity contribution in [2.24, 2.45) is 0 Å². The van der Waals surface area contributed by atoms with Gasteiger partial charge in [0.1, 0.15) is 11.5 Å². The van der Waals surface area contributed by atoms with Crippen molar-refractivity contribution in [3.63, 3.8) is 0 Å². The lowest BCUT2D eigenvalue weighted by Gasteiger charge is -2.19. The molecule has 0 spiro atoms. The van der Waals surface area contributed by atoms with Crippen molar-refractivity contribution in [1.82, 2.24) is 10.3 Å². The Bertz CT molecular complexity index is 1610. The molecule has 1 aromatic heterocycles. The maximum absolute atomic E-state index is 13.4. The molecule has 0 saturated carbocycles. The summed E-state index contributed by atoms with van der Waals surface area (Å²) in [6.45, 7) is 2.79. The largest absolute Gasteiger partial charge is 0.457 e. The van der Waals surface area contributed by atoms with Crippen LogP contribution in [0.1, 0.15) is 41.5 Å². The maximum Gasteiger partial charge on any atom is 0.231 e. The minimum Gasteiger partial charge on any atom is -0.457 e. The predicted molar refractivity (Wildman–Crippen MR) is 152 cm³/mol. The highest BCUT2D eigenvalue weighted by molar-refractivity contribution is 5.88. The van der Waals surface area contributed by atoms with Crippen molar-refractivity contribution >= 4 is 16.8 Å². The van der Waals surface area contributed by atoms with E-state index in [0.29, 0.717) is 18.7 Å². The van der Waals surface area contributed by atoms with Crippen LogP contribution >= 0.6 is 0 Å². The fourth-order valence-electron chi connectivity index (χ4n) is 5.16. The van der Waals surface area contributed by atoms with Gasteiger partial charge >= 0.3 is 0 Å². The number of nitrogens with one attached hydrogen (secondary N) is 2. The minimum absolute atomic E-state index is 0.0342. The van der Waals surface area contributed by atoms with Gasteiger partial charge in [-0.05, 0) is 65.1 Å². The van der Waals surface area contributed by atoms with Crippen LogP contribution in [0.3, 0.4) is 0 Å². The highest BCUT2D eigenvalue weighted by atomic mass is 16.7. The molecule has 5 aromatic rings. The first kappa shape index (κ1) is 24.6. The van der Waals surface area contributed by atoms with Crippen molar-refractivity contribution in [1.29, 1.82) is 0 Å². The number of benzene rings is 4. The lowest BCUT2D eigenvalue weighted by Crippen LogP contribution is -2.25. The predicted octanol–water partition coefficient (Wildman–Crippen LogP) is 7.09. The highest BCUT2D eigenvalue weighted by Gasteiger charge is 2.23. The smallest absolute Gasteiger partial charge is 0.231 e. The summed E-state index contributed by atoms with van der Waals surface area (Å²) in [5.41, 5.74) is 5.45. The van der Waals surface area contributed by atoms with E-state index in [1.807, 2.05) is 72.9 Å². The van der Waals surface area contributed by atoms with E-state index >= 15 is 0 Å². The summed E-state index contributed by atoms with van der Waals surface area (Å²) in [7, 11) is 0. The zero-order valence-electron chi connectivity index (χ0n) is 21.8. The summed E-state index contributed by atoms with van der Waals surface area (Å²) in [5, 5.41) is 4.24.